The van der Waals surface area contributed by atoms with Gasteiger partial charge in [-0.2, -0.15) is 17.9 Å². The molecule has 0 spiro atoms. The Morgan fingerprint density at radius 3 is 2.52 bits per heavy atom. The highest BCUT2D eigenvalue weighted by Gasteiger charge is 2.30. The smallest absolute Gasteiger partial charge is 0.207 e. The predicted molar refractivity (Wildman–Crippen MR) is 89.7 cm³/mol. The van der Waals surface area contributed by atoms with Crippen molar-refractivity contribution in [1.29, 1.82) is 0 Å². The molecule has 8 heteroatoms. The van der Waals surface area contributed by atoms with Gasteiger partial charge in [0.1, 0.15) is 0 Å². The van der Waals surface area contributed by atoms with Crippen molar-refractivity contribution < 1.29 is 21.6 Å². The number of rotatable bonds is 3. The van der Waals surface area contributed by atoms with Crippen molar-refractivity contribution in [3.05, 3.63) is 64.2 Å². The van der Waals surface area contributed by atoms with E-state index in [4.69, 9.17) is 11.6 Å². The summed E-state index contributed by atoms with van der Waals surface area (Å²) in [5.41, 5.74) is -0.259. The second-order valence-electron chi connectivity index (χ2n) is 5.07. The second-order valence-corrected chi connectivity index (χ2v) is 7.21. The molecule has 0 aliphatic rings. The van der Waals surface area contributed by atoms with E-state index in [0.717, 1.165) is 12.1 Å². The largest absolute Gasteiger partial charge is 0.416 e. The summed E-state index contributed by atoms with van der Waals surface area (Å²) in [4.78, 5) is 0.0286. The van der Waals surface area contributed by atoms with E-state index in [1.165, 1.54) is 24.3 Å². The predicted octanol–water partition coefficient (Wildman–Crippen LogP) is 4.00. The molecule has 2 rings (SSSR count). The van der Waals surface area contributed by atoms with E-state index >= 15 is 0 Å². The maximum atomic E-state index is 12.6. The van der Waals surface area contributed by atoms with Crippen LogP contribution in [0.15, 0.2) is 47.4 Å². The van der Waals surface area contributed by atoms with E-state index in [1.54, 1.807) is 13.0 Å². The maximum Gasteiger partial charge on any atom is 0.416 e. The molecule has 2 aromatic rings. The number of nitrogens with one attached hydrogen (secondary N) is 1. The molecular weight excluding hydrogens is 375 g/mol. The molecule has 0 aliphatic heterocycles. The molecule has 0 atom stereocenters. The van der Waals surface area contributed by atoms with Crippen molar-refractivity contribution in [2.45, 2.75) is 18.0 Å². The summed E-state index contributed by atoms with van der Waals surface area (Å²) in [5, 5.41) is 0.318. The summed E-state index contributed by atoms with van der Waals surface area (Å²) in [6.45, 7) is 1.33. The van der Waals surface area contributed by atoms with Crippen molar-refractivity contribution in [3.63, 3.8) is 0 Å². The lowest BCUT2D eigenvalue weighted by Crippen LogP contribution is -2.24. The summed E-state index contributed by atoms with van der Waals surface area (Å²) in [6, 6.07) is 8.99. The maximum absolute atomic E-state index is 12.6. The lowest BCUT2D eigenvalue weighted by atomic mass is 10.1. The topological polar surface area (TPSA) is 46.2 Å². The zero-order chi connectivity index (χ0) is 18.7. The molecule has 0 saturated carbocycles. The summed E-state index contributed by atoms with van der Waals surface area (Å²) in [7, 11) is -3.82. The second kappa shape index (κ2) is 7.48. The molecule has 0 radical (unpaired) electrons. The van der Waals surface area contributed by atoms with Gasteiger partial charge >= 0.3 is 6.18 Å². The highest BCUT2D eigenvalue weighted by molar-refractivity contribution is 7.89. The van der Waals surface area contributed by atoms with Crippen LogP contribution in [0, 0.1) is 18.8 Å². The van der Waals surface area contributed by atoms with Crippen LogP contribution in [0.3, 0.4) is 0 Å². The Kier molecular flexibility index (Phi) is 5.78. The van der Waals surface area contributed by atoms with Gasteiger partial charge < -0.3 is 0 Å². The number of benzene rings is 2. The minimum Gasteiger partial charge on any atom is -0.207 e. The first-order chi connectivity index (χ1) is 11.6. The fraction of sp³-hybridized carbons (Fsp3) is 0.176. The molecule has 0 amide bonds. The van der Waals surface area contributed by atoms with Crippen LogP contribution in [0.1, 0.15) is 16.7 Å². The molecule has 0 saturated heterocycles. The lowest BCUT2D eigenvalue weighted by molar-refractivity contribution is -0.137. The average Bonchev–Trinajstić information content (AvgIpc) is 2.53. The van der Waals surface area contributed by atoms with E-state index in [1.807, 2.05) is 0 Å². The van der Waals surface area contributed by atoms with Crippen LogP contribution in [0.25, 0.3) is 0 Å². The first-order valence-electron chi connectivity index (χ1n) is 7.02. The quantitative estimate of drug-likeness (QED) is 0.809. The Bertz CT molecular complexity index is 944. The number of alkyl halides is 3. The van der Waals surface area contributed by atoms with Crippen LogP contribution in [0.4, 0.5) is 13.2 Å². The Balaban J connectivity index is 2.11. The Morgan fingerprint density at radius 2 is 1.84 bits per heavy atom. The zero-order valence-corrected chi connectivity index (χ0v) is 14.6. The average molecular weight is 388 g/mol. The van der Waals surface area contributed by atoms with Crippen LogP contribution < -0.4 is 4.72 Å². The van der Waals surface area contributed by atoms with E-state index < -0.39 is 21.8 Å². The molecule has 0 aromatic heterocycles. The van der Waals surface area contributed by atoms with E-state index in [2.05, 4.69) is 16.6 Å². The Labute approximate surface area is 148 Å². The van der Waals surface area contributed by atoms with Gasteiger partial charge in [0, 0.05) is 10.6 Å². The molecule has 0 fully saturated rings. The van der Waals surface area contributed by atoms with Gasteiger partial charge in [0.25, 0.3) is 0 Å². The van der Waals surface area contributed by atoms with Crippen LogP contribution in [0.5, 0.6) is 0 Å². The summed E-state index contributed by atoms with van der Waals surface area (Å²) < 4.78 is 64.6. The molecule has 1 N–H and O–H groups in total. The third kappa shape index (κ3) is 4.98. The van der Waals surface area contributed by atoms with Gasteiger partial charge in [-0.3, -0.25) is 0 Å². The van der Waals surface area contributed by atoms with E-state index in [9.17, 15) is 21.6 Å². The van der Waals surface area contributed by atoms with Gasteiger partial charge in [-0.05, 0) is 42.8 Å². The van der Waals surface area contributed by atoms with Gasteiger partial charge in [0.2, 0.25) is 10.0 Å². The first kappa shape index (κ1) is 19.3. The SMILES string of the molecule is Cc1c(Cl)cccc1S(=O)(=O)NCC#Cc1cccc(C(F)(F)F)c1. The number of halogens is 4. The molecule has 0 unspecified atom stereocenters. The van der Waals surface area contributed by atoms with Crippen molar-refractivity contribution in [2.75, 3.05) is 6.54 Å². The van der Waals surface area contributed by atoms with Crippen LogP contribution in [0.2, 0.25) is 5.02 Å². The van der Waals surface area contributed by atoms with Gasteiger partial charge in [0.05, 0.1) is 17.0 Å². The Hall–Kier alpha value is -2.01. The molecule has 2 aromatic carbocycles. The zero-order valence-electron chi connectivity index (χ0n) is 13.0. The van der Waals surface area contributed by atoms with E-state index in [-0.39, 0.29) is 17.0 Å². The Morgan fingerprint density at radius 1 is 1.16 bits per heavy atom. The number of hydrogen-bond acceptors (Lipinski definition) is 2. The number of hydrogen-bond donors (Lipinski definition) is 1. The van der Waals surface area contributed by atoms with Crippen LogP contribution >= 0.6 is 11.6 Å². The van der Waals surface area contributed by atoms with E-state index in [0.29, 0.717) is 10.6 Å². The molecular formula is C17H13ClF3NO2S. The third-order valence-electron chi connectivity index (χ3n) is 3.28. The van der Waals surface area contributed by atoms with Gasteiger partial charge in [-0.25, -0.2) is 8.42 Å². The van der Waals surface area contributed by atoms with Crippen molar-refractivity contribution >= 4 is 21.6 Å². The van der Waals surface area contributed by atoms with Crippen LogP contribution in [-0.4, -0.2) is 15.0 Å². The highest BCUT2D eigenvalue weighted by Crippen LogP contribution is 2.29. The highest BCUT2D eigenvalue weighted by atomic mass is 35.5. The summed E-state index contributed by atoms with van der Waals surface area (Å²) >= 11 is 5.90. The normalized spacial score (nSPS) is 11.7. The van der Waals surface area contributed by atoms with Crippen molar-refractivity contribution in [2.24, 2.45) is 0 Å². The summed E-state index contributed by atoms with van der Waals surface area (Å²) in [6.07, 6.45) is -4.45. The molecule has 3 nitrogen and oxygen atoms in total. The molecule has 132 valence electrons. The van der Waals surface area contributed by atoms with Crippen LogP contribution in [-0.2, 0) is 16.2 Å². The minimum absolute atomic E-state index is 0.0286. The number of sulfonamides is 1. The van der Waals surface area contributed by atoms with Gasteiger partial charge in [-0.1, -0.05) is 35.6 Å². The standard InChI is InChI=1S/C17H13ClF3NO2S/c1-12-15(18)8-3-9-16(12)25(23,24)22-10-4-6-13-5-2-7-14(11-13)17(19,20)21/h2-3,5,7-9,11,22H,10H2,1H3. The molecule has 25 heavy (non-hydrogen) atoms. The molecule has 0 aliphatic carbocycles. The third-order valence-corrected chi connectivity index (χ3v) is 5.24. The fourth-order valence-corrected chi connectivity index (χ4v) is 3.43. The summed E-state index contributed by atoms with van der Waals surface area (Å²) in [5.74, 6) is 5.00. The fourth-order valence-electron chi connectivity index (χ4n) is 2.01. The van der Waals surface area contributed by atoms with Crippen molar-refractivity contribution in [3.8, 4) is 11.8 Å². The molecule has 0 bridgehead atoms. The molecule has 0 heterocycles. The van der Waals surface area contributed by atoms with Gasteiger partial charge in [0.15, 0.2) is 0 Å². The minimum atomic E-state index is -4.45. The first-order valence-corrected chi connectivity index (χ1v) is 8.88. The lowest BCUT2D eigenvalue weighted by Gasteiger charge is -2.08. The van der Waals surface area contributed by atoms with Crippen molar-refractivity contribution in [1.82, 2.24) is 4.72 Å². The monoisotopic (exact) mass is 387 g/mol. The van der Waals surface area contributed by atoms with Gasteiger partial charge in [-0.15, -0.1) is 0 Å².